The first-order chi connectivity index (χ1) is 9.43. The Kier molecular flexibility index (Phi) is 3.51. The summed E-state index contributed by atoms with van der Waals surface area (Å²) in [5, 5.41) is 0. The van der Waals surface area contributed by atoms with Gasteiger partial charge in [-0.1, -0.05) is 12.1 Å². The minimum atomic E-state index is -4.28. The SMILES string of the molecule is FC(F)(F)c1ccc(Cn2cc(I)nc2C2CC2)cc1. The minimum Gasteiger partial charge on any atom is -0.329 e. The first-order valence-electron chi connectivity index (χ1n) is 6.32. The number of benzene rings is 1. The second-order valence-corrected chi connectivity index (χ2v) is 6.12. The number of imidazole rings is 1. The van der Waals surface area contributed by atoms with Gasteiger partial charge in [0.2, 0.25) is 0 Å². The first-order valence-corrected chi connectivity index (χ1v) is 7.40. The van der Waals surface area contributed by atoms with E-state index in [0.717, 1.165) is 40.1 Å². The Morgan fingerprint density at radius 2 is 1.85 bits per heavy atom. The lowest BCUT2D eigenvalue weighted by atomic mass is 10.1. The van der Waals surface area contributed by atoms with Gasteiger partial charge in [0.15, 0.2) is 0 Å². The zero-order valence-corrected chi connectivity index (χ0v) is 12.6. The van der Waals surface area contributed by atoms with Gasteiger partial charge in [-0.3, -0.25) is 0 Å². The molecule has 2 nitrogen and oxygen atoms in total. The molecule has 20 heavy (non-hydrogen) atoms. The zero-order valence-electron chi connectivity index (χ0n) is 10.5. The monoisotopic (exact) mass is 392 g/mol. The zero-order chi connectivity index (χ0) is 14.3. The summed E-state index contributed by atoms with van der Waals surface area (Å²) in [5.41, 5.74) is 0.248. The van der Waals surface area contributed by atoms with Crippen LogP contribution in [0, 0.1) is 3.70 Å². The van der Waals surface area contributed by atoms with E-state index in [-0.39, 0.29) is 0 Å². The quantitative estimate of drug-likeness (QED) is 0.707. The maximum Gasteiger partial charge on any atom is 0.416 e. The molecule has 0 bridgehead atoms. The highest BCUT2D eigenvalue weighted by Gasteiger charge is 2.30. The summed E-state index contributed by atoms with van der Waals surface area (Å²) in [6, 6.07) is 5.33. The van der Waals surface area contributed by atoms with E-state index in [4.69, 9.17) is 0 Å². The average Bonchev–Trinajstić information content (AvgIpc) is 3.14. The van der Waals surface area contributed by atoms with Crippen LogP contribution in [-0.2, 0) is 12.7 Å². The van der Waals surface area contributed by atoms with Crippen LogP contribution in [-0.4, -0.2) is 9.55 Å². The largest absolute Gasteiger partial charge is 0.416 e. The summed E-state index contributed by atoms with van der Waals surface area (Å²) in [6.07, 6.45) is -0.0197. The first kappa shape index (κ1) is 13.9. The lowest BCUT2D eigenvalue weighted by molar-refractivity contribution is -0.137. The lowest BCUT2D eigenvalue weighted by Gasteiger charge is -2.09. The highest BCUT2D eigenvalue weighted by atomic mass is 127. The molecule has 1 heterocycles. The number of halogens is 4. The molecule has 0 unspecified atom stereocenters. The van der Waals surface area contributed by atoms with Gasteiger partial charge in [0, 0.05) is 18.7 Å². The Bertz CT molecular complexity index is 612. The molecule has 0 atom stereocenters. The highest BCUT2D eigenvalue weighted by Crippen LogP contribution is 2.39. The van der Waals surface area contributed by atoms with E-state index in [1.807, 2.05) is 10.8 Å². The Morgan fingerprint density at radius 3 is 2.40 bits per heavy atom. The molecule has 106 valence electrons. The summed E-state index contributed by atoms with van der Waals surface area (Å²) in [4.78, 5) is 4.50. The maximum atomic E-state index is 12.5. The third-order valence-corrected chi connectivity index (χ3v) is 3.87. The summed E-state index contributed by atoms with van der Waals surface area (Å²) >= 11 is 2.17. The molecular formula is C14H12F3IN2. The van der Waals surface area contributed by atoms with Crippen molar-refractivity contribution in [3.63, 3.8) is 0 Å². The molecule has 3 rings (SSSR count). The molecule has 0 N–H and O–H groups in total. The van der Waals surface area contributed by atoms with E-state index >= 15 is 0 Å². The molecule has 0 amide bonds. The number of hydrogen-bond donors (Lipinski definition) is 0. The van der Waals surface area contributed by atoms with Crippen molar-refractivity contribution in [3.05, 3.63) is 51.1 Å². The van der Waals surface area contributed by atoms with E-state index in [1.165, 1.54) is 12.1 Å². The van der Waals surface area contributed by atoms with E-state index < -0.39 is 11.7 Å². The van der Waals surface area contributed by atoms with Crippen molar-refractivity contribution in [1.29, 1.82) is 0 Å². The van der Waals surface area contributed by atoms with Gasteiger partial charge < -0.3 is 4.57 Å². The van der Waals surface area contributed by atoms with Crippen LogP contribution in [0.25, 0.3) is 0 Å². The topological polar surface area (TPSA) is 17.8 Å². The Morgan fingerprint density at radius 1 is 1.20 bits per heavy atom. The van der Waals surface area contributed by atoms with Crippen LogP contribution in [0.3, 0.4) is 0 Å². The molecule has 1 aliphatic carbocycles. The van der Waals surface area contributed by atoms with Crippen molar-refractivity contribution in [3.8, 4) is 0 Å². The van der Waals surface area contributed by atoms with Gasteiger partial charge in [0.05, 0.1) is 5.56 Å². The number of hydrogen-bond acceptors (Lipinski definition) is 1. The molecule has 0 spiro atoms. The van der Waals surface area contributed by atoms with Gasteiger partial charge in [0.25, 0.3) is 0 Å². The van der Waals surface area contributed by atoms with Crippen LogP contribution in [0.5, 0.6) is 0 Å². The summed E-state index contributed by atoms with van der Waals surface area (Å²) in [6.45, 7) is 0.569. The fourth-order valence-corrected chi connectivity index (χ4v) is 2.77. The standard InChI is InChI=1S/C14H12F3IN2/c15-14(16,17)11-5-1-9(2-6-11)7-20-8-12(18)19-13(20)10-3-4-10/h1-2,5-6,8,10H,3-4,7H2. The lowest BCUT2D eigenvalue weighted by Crippen LogP contribution is -2.06. The van der Waals surface area contributed by atoms with Crippen LogP contribution in [0.15, 0.2) is 30.5 Å². The van der Waals surface area contributed by atoms with Crippen molar-refractivity contribution >= 4 is 22.6 Å². The molecule has 0 aliphatic heterocycles. The van der Waals surface area contributed by atoms with Crippen molar-refractivity contribution in [2.75, 3.05) is 0 Å². The van der Waals surface area contributed by atoms with Crippen molar-refractivity contribution in [2.24, 2.45) is 0 Å². The van der Waals surface area contributed by atoms with Gasteiger partial charge in [-0.25, -0.2) is 4.98 Å². The molecule has 2 aromatic rings. The van der Waals surface area contributed by atoms with Gasteiger partial charge in [-0.05, 0) is 53.1 Å². The van der Waals surface area contributed by atoms with Crippen molar-refractivity contribution in [1.82, 2.24) is 9.55 Å². The van der Waals surface area contributed by atoms with Crippen LogP contribution in [0.4, 0.5) is 13.2 Å². The van der Waals surface area contributed by atoms with E-state index in [0.29, 0.717) is 12.5 Å². The second kappa shape index (κ2) is 5.05. The molecular weight excluding hydrogens is 380 g/mol. The number of aromatic nitrogens is 2. The Hall–Kier alpha value is -1.05. The number of nitrogens with zero attached hydrogens (tertiary/aromatic N) is 2. The predicted octanol–water partition coefficient (Wildman–Crippen LogP) is 4.43. The highest BCUT2D eigenvalue weighted by molar-refractivity contribution is 14.1. The number of rotatable bonds is 3. The Balaban J connectivity index is 1.81. The summed E-state index contributed by atoms with van der Waals surface area (Å²) in [5.74, 6) is 1.57. The number of alkyl halides is 3. The fourth-order valence-electron chi connectivity index (χ4n) is 2.19. The maximum absolute atomic E-state index is 12.5. The molecule has 1 fully saturated rings. The van der Waals surface area contributed by atoms with Crippen LogP contribution in [0.2, 0.25) is 0 Å². The molecule has 1 aliphatic rings. The average molecular weight is 392 g/mol. The smallest absolute Gasteiger partial charge is 0.329 e. The minimum absolute atomic E-state index is 0.521. The van der Waals surface area contributed by atoms with Gasteiger partial charge in [-0.2, -0.15) is 13.2 Å². The van der Waals surface area contributed by atoms with Crippen LogP contribution in [0.1, 0.15) is 35.7 Å². The Labute approximate surface area is 128 Å². The third kappa shape index (κ3) is 2.99. The van der Waals surface area contributed by atoms with E-state index in [1.54, 1.807) is 0 Å². The van der Waals surface area contributed by atoms with Crippen LogP contribution >= 0.6 is 22.6 Å². The van der Waals surface area contributed by atoms with E-state index in [2.05, 4.69) is 27.6 Å². The summed E-state index contributed by atoms with van der Waals surface area (Å²) < 4.78 is 40.5. The van der Waals surface area contributed by atoms with E-state index in [9.17, 15) is 13.2 Å². The third-order valence-electron chi connectivity index (χ3n) is 3.35. The van der Waals surface area contributed by atoms with Crippen LogP contribution < -0.4 is 0 Å². The molecule has 0 saturated heterocycles. The fraction of sp³-hybridized carbons (Fsp3) is 0.357. The molecule has 1 saturated carbocycles. The normalized spacial score (nSPS) is 15.6. The van der Waals surface area contributed by atoms with Gasteiger partial charge >= 0.3 is 6.18 Å². The second-order valence-electron chi connectivity index (χ2n) is 5.02. The van der Waals surface area contributed by atoms with Gasteiger partial charge in [0.1, 0.15) is 9.53 Å². The summed E-state index contributed by atoms with van der Waals surface area (Å²) in [7, 11) is 0. The molecule has 0 radical (unpaired) electrons. The van der Waals surface area contributed by atoms with Gasteiger partial charge in [-0.15, -0.1) is 0 Å². The van der Waals surface area contributed by atoms with Crippen molar-refractivity contribution < 1.29 is 13.2 Å². The van der Waals surface area contributed by atoms with Crippen molar-refractivity contribution in [2.45, 2.75) is 31.5 Å². The molecule has 1 aromatic carbocycles. The molecule has 1 aromatic heterocycles. The predicted molar refractivity (Wildman–Crippen MR) is 77.5 cm³/mol. The molecule has 6 heteroatoms.